The van der Waals surface area contributed by atoms with Gasteiger partial charge in [0.15, 0.2) is 0 Å². The molecule has 2 N–H and O–H groups in total. The van der Waals surface area contributed by atoms with Crippen molar-refractivity contribution in [3.05, 3.63) is 22.4 Å². The first-order valence-electron chi connectivity index (χ1n) is 6.72. The highest BCUT2D eigenvalue weighted by atomic mass is 32.1. The molecule has 100 valence electrons. The summed E-state index contributed by atoms with van der Waals surface area (Å²) in [5.74, 6) is -0.426. The second-order valence-electron chi connectivity index (χ2n) is 5.07. The Balaban J connectivity index is 1.69. The number of rotatable bonds is 6. The van der Waals surface area contributed by atoms with Crippen LogP contribution in [-0.4, -0.2) is 24.2 Å². The van der Waals surface area contributed by atoms with Crippen LogP contribution in [0.25, 0.3) is 0 Å². The van der Waals surface area contributed by atoms with Gasteiger partial charge in [-0.3, -0.25) is 4.79 Å². The normalized spacial score (nSPS) is 24.0. The minimum absolute atomic E-state index is 0.132. The summed E-state index contributed by atoms with van der Waals surface area (Å²) >= 11 is 1.72. The maximum Gasteiger partial charge on any atom is 0.306 e. The molecule has 1 aliphatic carbocycles. The van der Waals surface area contributed by atoms with Crippen molar-refractivity contribution in [1.82, 2.24) is 5.32 Å². The average molecular weight is 267 g/mol. The molecule has 0 bridgehead atoms. The van der Waals surface area contributed by atoms with E-state index in [9.17, 15) is 9.90 Å². The molecule has 0 spiro atoms. The fourth-order valence-electron chi connectivity index (χ4n) is 2.73. The molecular formula is C14H21NO2S. The van der Waals surface area contributed by atoms with E-state index < -0.39 is 5.97 Å². The molecular weight excluding hydrogens is 246 g/mol. The van der Waals surface area contributed by atoms with Crippen molar-refractivity contribution in [1.29, 1.82) is 0 Å². The van der Waals surface area contributed by atoms with E-state index in [-0.39, 0.29) is 5.92 Å². The van der Waals surface area contributed by atoms with Gasteiger partial charge in [-0.15, -0.1) is 0 Å². The summed E-state index contributed by atoms with van der Waals surface area (Å²) in [5, 5.41) is 16.9. The lowest BCUT2D eigenvalue weighted by atomic mass is 9.79. The molecule has 0 aromatic carbocycles. The molecule has 4 heteroatoms. The summed E-state index contributed by atoms with van der Waals surface area (Å²) in [6.45, 7) is 1.79. The van der Waals surface area contributed by atoms with Crippen LogP contribution < -0.4 is 5.32 Å². The van der Waals surface area contributed by atoms with Gasteiger partial charge in [0.25, 0.3) is 0 Å². The van der Waals surface area contributed by atoms with E-state index in [2.05, 4.69) is 22.1 Å². The molecule has 1 aromatic heterocycles. The molecule has 1 heterocycles. The van der Waals surface area contributed by atoms with Crippen LogP contribution >= 0.6 is 11.3 Å². The Hall–Kier alpha value is -0.870. The van der Waals surface area contributed by atoms with Crippen molar-refractivity contribution >= 4 is 17.3 Å². The van der Waals surface area contributed by atoms with Crippen molar-refractivity contribution in [2.24, 2.45) is 11.8 Å². The van der Waals surface area contributed by atoms with Gasteiger partial charge in [0.1, 0.15) is 0 Å². The molecule has 1 aliphatic rings. The van der Waals surface area contributed by atoms with Gasteiger partial charge >= 0.3 is 5.97 Å². The van der Waals surface area contributed by atoms with Crippen LogP contribution in [0.5, 0.6) is 0 Å². The summed E-state index contributed by atoms with van der Waals surface area (Å²) in [6.07, 6.45) is 5.20. The molecule has 0 amide bonds. The van der Waals surface area contributed by atoms with Crippen LogP contribution in [-0.2, 0) is 11.2 Å². The summed E-state index contributed by atoms with van der Waals surface area (Å²) < 4.78 is 0. The van der Waals surface area contributed by atoms with Gasteiger partial charge < -0.3 is 10.4 Å². The highest BCUT2D eigenvalue weighted by molar-refractivity contribution is 7.07. The smallest absolute Gasteiger partial charge is 0.306 e. The van der Waals surface area contributed by atoms with Gasteiger partial charge in [-0.05, 0) is 60.7 Å². The van der Waals surface area contributed by atoms with E-state index in [1.165, 1.54) is 12.0 Å². The number of thiophene rings is 1. The summed E-state index contributed by atoms with van der Waals surface area (Å²) in [5.41, 5.74) is 1.37. The van der Waals surface area contributed by atoms with E-state index in [1.54, 1.807) is 11.3 Å². The van der Waals surface area contributed by atoms with Crippen LogP contribution in [0.15, 0.2) is 16.8 Å². The first-order chi connectivity index (χ1) is 8.77. The monoisotopic (exact) mass is 267 g/mol. The van der Waals surface area contributed by atoms with Crippen molar-refractivity contribution < 1.29 is 9.90 Å². The Morgan fingerprint density at radius 2 is 2.28 bits per heavy atom. The standard InChI is InChI=1S/C14H21NO2S/c16-14(17)13-4-2-1-3-12(13)9-15-7-5-11-6-8-18-10-11/h6,8,10,12-13,15H,1-5,7,9H2,(H,16,17). The van der Waals surface area contributed by atoms with E-state index in [1.807, 2.05) is 0 Å². The lowest BCUT2D eigenvalue weighted by Gasteiger charge is -2.28. The molecule has 2 rings (SSSR count). The first-order valence-corrected chi connectivity index (χ1v) is 7.66. The molecule has 3 nitrogen and oxygen atoms in total. The molecule has 1 aromatic rings. The SMILES string of the molecule is O=C(O)C1CCCCC1CNCCc1ccsc1. The highest BCUT2D eigenvalue weighted by Crippen LogP contribution is 2.29. The predicted octanol–water partition coefficient (Wildman–Crippen LogP) is 2.77. The van der Waals surface area contributed by atoms with E-state index in [0.29, 0.717) is 5.92 Å². The highest BCUT2D eigenvalue weighted by Gasteiger charge is 2.30. The van der Waals surface area contributed by atoms with E-state index in [0.717, 1.165) is 38.8 Å². The van der Waals surface area contributed by atoms with Gasteiger partial charge in [-0.25, -0.2) is 0 Å². The zero-order chi connectivity index (χ0) is 12.8. The lowest BCUT2D eigenvalue weighted by Crippen LogP contribution is -2.35. The summed E-state index contributed by atoms with van der Waals surface area (Å²) in [4.78, 5) is 11.2. The van der Waals surface area contributed by atoms with Crippen LogP contribution in [0.1, 0.15) is 31.2 Å². The van der Waals surface area contributed by atoms with Crippen LogP contribution in [0.4, 0.5) is 0 Å². The Morgan fingerprint density at radius 3 is 3.00 bits per heavy atom. The maximum atomic E-state index is 11.2. The third kappa shape index (κ3) is 3.82. The first kappa shape index (κ1) is 13.6. The molecule has 0 aliphatic heterocycles. The minimum Gasteiger partial charge on any atom is -0.481 e. The lowest BCUT2D eigenvalue weighted by molar-refractivity contribution is -0.144. The van der Waals surface area contributed by atoms with Crippen LogP contribution in [0, 0.1) is 11.8 Å². The van der Waals surface area contributed by atoms with E-state index >= 15 is 0 Å². The molecule has 0 saturated heterocycles. The fraction of sp³-hybridized carbons (Fsp3) is 0.643. The van der Waals surface area contributed by atoms with Crippen LogP contribution in [0.3, 0.4) is 0 Å². The van der Waals surface area contributed by atoms with Gasteiger partial charge in [0, 0.05) is 0 Å². The van der Waals surface area contributed by atoms with Gasteiger partial charge in [-0.1, -0.05) is 12.8 Å². The maximum absolute atomic E-state index is 11.2. The Morgan fingerprint density at radius 1 is 1.44 bits per heavy atom. The number of carboxylic acid groups (broad SMARTS) is 1. The number of carboxylic acids is 1. The minimum atomic E-state index is -0.612. The zero-order valence-electron chi connectivity index (χ0n) is 10.6. The zero-order valence-corrected chi connectivity index (χ0v) is 11.4. The second kappa shape index (κ2) is 6.90. The van der Waals surface area contributed by atoms with Crippen molar-refractivity contribution in [2.75, 3.05) is 13.1 Å². The fourth-order valence-corrected chi connectivity index (χ4v) is 3.44. The third-order valence-electron chi connectivity index (χ3n) is 3.80. The van der Waals surface area contributed by atoms with E-state index in [4.69, 9.17) is 0 Å². The third-order valence-corrected chi connectivity index (χ3v) is 4.54. The Bertz CT molecular complexity index is 364. The topological polar surface area (TPSA) is 49.3 Å². The number of hydrogen-bond donors (Lipinski definition) is 2. The molecule has 2 unspecified atom stereocenters. The van der Waals surface area contributed by atoms with Crippen molar-refractivity contribution in [3.8, 4) is 0 Å². The van der Waals surface area contributed by atoms with Gasteiger partial charge in [-0.2, -0.15) is 11.3 Å². The second-order valence-corrected chi connectivity index (χ2v) is 5.86. The number of aliphatic carboxylic acids is 1. The Kier molecular flexibility index (Phi) is 5.20. The molecule has 0 radical (unpaired) electrons. The number of nitrogens with one attached hydrogen (secondary N) is 1. The Labute approximate surface area is 112 Å². The quantitative estimate of drug-likeness (QED) is 0.779. The largest absolute Gasteiger partial charge is 0.481 e. The van der Waals surface area contributed by atoms with Crippen molar-refractivity contribution in [3.63, 3.8) is 0 Å². The molecule has 1 fully saturated rings. The van der Waals surface area contributed by atoms with Gasteiger partial charge in [0.05, 0.1) is 5.92 Å². The predicted molar refractivity (Wildman–Crippen MR) is 74.0 cm³/mol. The average Bonchev–Trinajstić information content (AvgIpc) is 2.88. The van der Waals surface area contributed by atoms with Crippen LogP contribution in [0.2, 0.25) is 0 Å². The molecule has 1 saturated carbocycles. The molecule has 18 heavy (non-hydrogen) atoms. The molecule has 2 atom stereocenters. The number of carbonyl (C=O) groups is 1. The summed E-state index contributed by atoms with van der Waals surface area (Å²) in [6, 6.07) is 2.15. The number of hydrogen-bond acceptors (Lipinski definition) is 3. The van der Waals surface area contributed by atoms with Gasteiger partial charge in [0.2, 0.25) is 0 Å². The van der Waals surface area contributed by atoms with Crippen molar-refractivity contribution in [2.45, 2.75) is 32.1 Å². The summed E-state index contributed by atoms with van der Waals surface area (Å²) in [7, 11) is 0.